The number of furan rings is 1. The van der Waals surface area contributed by atoms with Crippen LogP contribution in [-0.2, 0) is 25.7 Å². The van der Waals surface area contributed by atoms with E-state index in [-0.39, 0.29) is 48.8 Å². The van der Waals surface area contributed by atoms with Crippen molar-refractivity contribution in [3.8, 4) is 0 Å². The predicted molar refractivity (Wildman–Crippen MR) is 173 cm³/mol. The van der Waals surface area contributed by atoms with Gasteiger partial charge in [0.2, 0.25) is 17.6 Å². The van der Waals surface area contributed by atoms with Gasteiger partial charge in [0, 0.05) is 30.1 Å². The number of nitrogens with one attached hydrogen (secondary N) is 4. The monoisotopic (exact) mass is 643 g/mol. The molecule has 1 aromatic carbocycles. The maximum Gasteiger partial charge on any atom is 0.287 e. The number of rotatable bonds is 12. The number of benzene rings is 1. The Morgan fingerprint density at radius 2 is 1.62 bits per heavy atom. The summed E-state index contributed by atoms with van der Waals surface area (Å²) in [6.45, 7) is 3.24. The van der Waals surface area contributed by atoms with Crippen molar-refractivity contribution in [1.29, 1.82) is 0 Å². The molecule has 0 unspecified atom stereocenters. The fourth-order valence-electron chi connectivity index (χ4n) is 7.85. The summed E-state index contributed by atoms with van der Waals surface area (Å²) in [6, 6.07) is 10.1. The smallest absolute Gasteiger partial charge is 0.287 e. The fourth-order valence-corrected chi connectivity index (χ4v) is 7.85. The molecule has 0 radical (unpaired) electrons. The lowest BCUT2D eigenvalue weighted by Crippen LogP contribution is -2.56. The molecule has 2 aromatic heterocycles. The number of fused-ring (bicyclic) bond motifs is 1. The SMILES string of the molecule is CC(C)NC(=O)C(=O)CC[C@H](NC(=O)c1cc2ccccc2o1)C(=O)Nc1cccn(CC(=O)NC2C3CC4CC(C3)CC2C4)c1=O. The van der Waals surface area contributed by atoms with Gasteiger partial charge in [0.15, 0.2) is 5.76 Å². The van der Waals surface area contributed by atoms with E-state index in [0.717, 1.165) is 37.5 Å². The molecule has 4 fully saturated rings. The number of aromatic nitrogens is 1. The zero-order valence-electron chi connectivity index (χ0n) is 26.6. The first-order valence-corrected chi connectivity index (χ1v) is 16.5. The predicted octanol–water partition coefficient (Wildman–Crippen LogP) is 3.15. The van der Waals surface area contributed by atoms with Gasteiger partial charge < -0.3 is 30.3 Å². The molecule has 1 atom stereocenters. The van der Waals surface area contributed by atoms with E-state index in [2.05, 4.69) is 21.3 Å². The Kier molecular flexibility index (Phi) is 9.28. The number of anilines is 1. The van der Waals surface area contributed by atoms with E-state index in [0.29, 0.717) is 22.8 Å². The molecule has 4 aliphatic carbocycles. The highest BCUT2D eigenvalue weighted by Crippen LogP contribution is 2.53. The summed E-state index contributed by atoms with van der Waals surface area (Å²) in [5.74, 6) is -0.760. The van der Waals surface area contributed by atoms with Crippen LogP contribution in [0.2, 0.25) is 0 Å². The second kappa shape index (κ2) is 13.5. The van der Waals surface area contributed by atoms with Crippen LogP contribution >= 0.6 is 0 Å². The third-order valence-corrected chi connectivity index (χ3v) is 9.75. The number of hydrogen-bond acceptors (Lipinski definition) is 7. The molecule has 2 heterocycles. The molecular formula is C35H41N5O7. The van der Waals surface area contributed by atoms with Gasteiger partial charge >= 0.3 is 0 Å². The molecule has 0 saturated heterocycles. The van der Waals surface area contributed by atoms with Crippen LogP contribution in [0.3, 0.4) is 0 Å². The number of carbonyl (C=O) groups excluding carboxylic acids is 5. The van der Waals surface area contributed by atoms with Crippen LogP contribution in [0.4, 0.5) is 5.69 Å². The number of carbonyl (C=O) groups is 5. The summed E-state index contributed by atoms with van der Waals surface area (Å²) in [7, 11) is 0. The van der Waals surface area contributed by atoms with E-state index < -0.39 is 35.1 Å². The first kappa shape index (κ1) is 32.2. The lowest BCUT2D eigenvalue weighted by atomic mass is 9.54. The first-order valence-electron chi connectivity index (χ1n) is 16.5. The molecule has 4 amide bonds. The van der Waals surface area contributed by atoms with E-state index >= 15 is 0 Å². The third kappa shape index (κ3) is 7.31. The van der Waals surface area contributed by atoms with Crippen molar-refractivity contribution in [3.05, 3.63) is 64.8 Å². The minimum absolute atomic E-state index is 0.0416. The Morgan fingerprint density at radius 3 is 2.30 bits per heavy atom. The third-order valence-electron chi connectivity index (χ3n) is 9.75. The highest BCUT2D eigenvalue weighted by molar-refractivity contribution is 6.36. The maximum atomic E-state index is 13.5. The van der Waals surface area contributed by atoms with E-state index in [4.69, 9.17) is 4.42 Å². The molecule has 4 bridgehead atoms. The first-order chi connectivity index (χ1) is 22.5. The number of para-hydroxylation sites is 1. The Balaban J connectivity index is 1.13. The quantitative estimate of drug-likeness (QED) is 0.220. The molecule has 0 spiro atoms. The fraction of sp³-hybridized carbons (Fsp3) is 0.486. The van der Waals surface area contributed by atoms with Crippen LogP contribution < -0.4 is 26.8 Å². The van der Waals surface area contributed by atoms with Gasteiger partial charge in [0.1, 0.15) is 23.9 Å². The zero-order valence-corrected chi connectivity index (χ0v) is 26.6. The second-order valence-corrected chi connectivity index (χ2v) is 13.6. The Bertz CT molecular complexity index is 1700. The summed E-state index contributed by atoms with van der Waals surface area (Å²) >= 11 is 0. The number of nitrogens with zero attached hydrogens (tertiary/aromatic N) is 1. The van der Waals surface area contributed by atoms with E-state index in [1.165, 1.54) is 29.3 Å². The Hall–Kier alpha value is -4.74. The number of hydrogen-bond donors (Lipinski definition) is 4. The zero-order chi connectivity index (χ0) is 33.2. The molecular weight excluding hydrogens is 602 g/mol. The molecule has 12 nitrogen and oxygen atoms in total. The van der Waals surface area contributed by atoms with E-state index in [1.54, 1.807) is 44.2 Å². The molecule has 0 aliphatic heterocycles. The van der Waals surface area contributed by atoms with Gasteiger partial charge in [-0.3, -0.25) is 28.8 Å². The number of amides is 4. The molecule has 7 rings (SSSR count). The van der Waals surface area contributed by atoms with E-state index in [1.807, 2.05) is 0 Å². The lowest BCUT2D eigenvalue weighted by molar-refractivity contribution is -0.138. The Labute approximate surface area is 272 Å². The molecule has 4 N–H and O–H groups in total. The van der Waals surface area contributed by atoms with Crippen molar-refractivity contribution < 1.29 is 28.4 Å². The summed E-state index contributed by atoms with van der Waals surface area (Å²) in [5.41, 5.74) is -0.195. The van der Waals surface area contributed by atoms with Gasteiger partial charge in [-0.15, -0.1) is 0 Å². The van der Waals surface area contributed by atoms with Gasteiger partial charge in [0.25, 0.3) is 17.4 Å². The van der Waals surface area contributed by atoms with Crippen LogP contribution in [0.1, 0.15) is 69.3 Å². The lowest BCUT2D eigenvalue weighted by Gasteiger charge is -2.54. The van der Waals surface area contributed by atoms with Crippen molar-refractivity contribution in [2.24, 2.45) is 23.7 Å². The average molecular weight is 644 g/mol. The van der Waals surface area contributed by atoms with Gasteiger partial charge in [0.05, 0.1) is 0 Å². The highest BCUT2D eigenvalue weighted by Gasteiger charge is 2.48. The van der Waals surface area contributed by atoms with Gasteiger partial charge in [-0.25, -0.2) is 0 Å². The van der Waals surface area contributed by atoms with Crippen molar-refractivity contribution in [2.75, 3.05) is 5.32 Å². The van der Waals surface area contributed by atoms with Crippen LogP contribution in [0, 0.1) is 23.7 Å². The molecule has 248 valence electrons. The molecule has 12 heteroatoms. The van der Waals surface area contributed by atoms with Crippen LogP contribution in [-0.4, -0.2) is 52.1 Å². The van der Waals surface area contributed by atoms with Crippen LogP contribution in [0.5, 0.6) is 0 Å². The van der Waals surface area contributed by atoms with Gasteiger partial charge in [-0.05, 0) is 100 Å². The van der Waals surface area contributed by atoms with Gasteiger partial charge in [-0.2, -0.15) is 0 Å². The molecule has 4 saturated carbocycles. The number of ketones is 1. The van der Waals surface area contributed by atoms with Crippen molar-refractivity contribution in [3.63, 3.8) is 0 Å². The largest absolute Gasteiger partial charge is 0.451 e. The van der Waals surface area contributed by atoms with E-state index in [9.17, 15) is 28.8 Å². The minimum atomic E-state index is -1.29. The Morgan fingerprint density at radius 1 is 0.915 bits per heavy atom. The molecule has 3 aromatic rings. The van der Waals surface area contributed by atoms with Crippen LogP contribution in [0.15, 0.2) is 57.9 Å². The van der Waals surface area contributed by atoms with Crippen LogP contribution in [0.25, 0.3) is 11.0 Å². The minimum Gasteiger partial charge on any atom is -0.451 e. The van der Waals surface area contributed by atoms with Crippen molar-refractivity contribution in [2.45, 2.75) is 83.5 Å². The summed E-state index contributed by atoms with van der Waals surface area (Å²) in [4.78, 5) is 77.8. The van der Waals surface area contributed by atoms with Crippen molar-refractivity contribution in [1.82, 2.24) is 20.5 Å². The average Bonchev–Trinajstić information content (AvgIpc) is 3.47. The summed E-state index contributed by atoms with van der Waals surface area (Å²) < 4.78 is 6.87. The number of Topliss-reactive ketones (excluding diaryl/α,β-unsaturated/α-hetero) is 1. The highest BCUT2D eigenvalue weighted by atomic mass is 16.3. The normalized spacial score (nSPS) is 23.3. The summed E-state index contributed by atoms with van der Waals surface area (Å²) in [6.07, 6.45) is 6.88. The molecule has 47 heavy (non-hydrogen) atoms. The van der Waals surface area contributed by atoms with Crippen molar-refractivity contribution >= 4 is 46.1 Å². The van der Waals surface area contributed by atoms with Gasteiger partial charge in [-0.1, -0.05) is 18.2 Å². The number of pyridine rings is 1. The maximum absolute atomic E-state index is 13.5. The molecule has 4 aliphatic rings. The standard InChI is InChI=1S/C35H41N5O7/c1-19(2)36-33(44)27(41)10-9-25(37-34(45)29-17-22-6-3-4-8-28(22)47-29)32(43)38-26-7-5-11-40(35(26)46)18-30(42)39-31-23-13-20-12-21(15-23)16-24(31)14-20/h3-8,11,17,19-21,23-25,31H,9-10,12-16,18H2,1-2H3,(H,36,44)(H,37,45)(H,38,43)(H,39,42)/t20?,21?,23?,24?,25-,31?/m0/s1. The second-order valence-electron chi connectivity index (χ2n) is 13.6. The summed E-state index contributed by atoms with van der Waals surface area (Å²) in [5, 5.41) is 11.6. The topological polar surface area (TPSA) is 169 Å².